The smallest absolute Gasteiger partial charge is 0.263 e. The summed E-state index contributed by atoms with van der Waals surface area (Å²) < 4.78 is 8.30. The van der Waals surface area contributed by atoms with Gasteiger partial charge in [0.1, 0.15) is 11.3 Å². The number of carbonyl (C=O) groups excluding carboxylic acids is 1. The van der Waals surface area contributed by atoms with E-state index >= 15 is 0 Å². The number of hydrogen-bond acceptors (Lipinski definition) is 5. The van der Waals surface area contributed by atoms with Crippen LogP contribution < -0.4 is 9.64 Å². The van der Waals surface area contributed by atoms with Crippen molar-refractivity contribution < 1.29 is 9.53 Å². The molecule has 0 unspecified atom stereocenters. The van der Waals surface area contributed by atoms with Gasteiger partial charge in [-0.2, -0.15) is 5.10 Å². The number of hydrogen-bond donors (Lipinski definition) is 0. The van der Waals surface area contributed by atoms with Gasteiger partial charge in [0, 0.05) is 18.9 Å². The van der Waals surface area contributed by atoms with E-state index in [0.717, 1.165) is 15.5 Å². The first kappa shape index (κ1) is 20.5. The minimum absolute atomic E-state index is 0.185. The van der Waals surface area contributed by atoms with Crippen LogP contribution in [0.4, 0.5) is 5.13 Å². The summed E-state index contributed by atoms with van der Waals surface area (Å²) >= 11 is 7.79. The molecule has 0 spiro atoms. The number of methoxy groups -OCH3 is 1. The summed E-state index contributed by atoms with van der Waals surface area (Å²) in [5, 5.41) is 7.39. The second kappa shape index (κ2) is 8.61. The Bertz CT molecular complexity index is 1410. The first-order valence-corrected chi connectivity index (χ1v) is 11.2. The summed E-state index contributed by atoms with van der Waals surface area (Å²) in [6.45, 7) is 0.923. The number of thiazole rings is 1. The highest BCUT2D eigenvalue weighted by Crippen LogP contribution is 2.35. The normalized spacial score (nSPS) is 11.2. The molecule has 8 heteroatoms. The van der Waals surface area contributed by atoms with E-state index in [1.54, 1.807) is 29.0 Å². The maximum Gasteiger partial charge on any atom is 0.263 e. The van der Waals surface area contributed by atoms with E-state index in [-0.39, 0.29) is 5.91 Å². The molecule has 2 heterocycles. The van der Waals surface area contributed by atoms with Crippen LogP contribution in [0.5, 0.6) is 5.75 Å². The Labute approximate surface area is 193 Å². The monoisotopic (exact) mass is 462 g/mol. The lowest BCUT2D eigenvalue weighted by molar-refractivity contribution is 0.0983. The molecule has 3 aromatic carbocycles. The fourth-order valence-electron chi connectivity index (χ4n) is 3.64. The number of halogens is 1. The average molecular weight is 463 g/mol. The summed E-state index contributed by atoms with van der Waals surface area (Å²) in [6.07, 6.45) is 3.59. The molecule has 0 N–H and O–H groups in total. The molecule has 160 valence electrons. The van der Waals surface area contributed by atoms with Crippen molar-refractivity contribution in [2.24, 2.45) is 0 Å². The van der Waals surface area contributed by atoms with Gasteiger partial charge in [0.25, 0.3) is 5.91 Å². The molecule has 0 saturated carbocycles. The molecular weight excluding hydrogens is 444 g/mol. The highest BCUT2D eigenvalue weighted by molar-refractivity contribution is 7.22. The van der Waals surface area contributed by atoms with E-state index in [1.807, 2.05) is 60.8 Å². The van der Waals surface area contributed by atoms with Crippen LogP contribution >= 0.6 is 22.9 Å². The lowest BCUT2D eigenvalue weighted by atomic mass is 10.0. The molecule has 1 amide bonds. The van der Waals surface area contributed by atoms with E-state index < -0.39 is 0 Å². The lowest BCUT2D eigenvalue weighted by Crippen LogP contribution is -2.34. The van der Waals surface area contributed by atoms with Crippen molar-refractivity contribution in [1.29, 1.82) is 0 Å². The van der Waals surface area contributed by atoms with Crippen LogP contribution in [0.25, 0.3) is 21.0 Å². The summed E-state index contributed by atoms with van der Waals surface area (Å²) in [7, 11) is 1.58. The van der Waals surface area contributed by atoms with Gasteiger partial charge >= 0.3 is 0 Å². The molecule has 0 atom stereocenters. The van der Waals surface area contributed by atoms with Crippen molar-refractivity contribution in [3.05, 3.63) is 83.6 Å². The lowest BCUT2D eigenvalue weighted by Gasteiger charge is -2.21. The Morgan fingerprint density at radius 1 is 1.12 bits per heavy atom. The van der Waals surface area contributed by atoms with E-state index in [0.29, 0.717) is 40.1 Å². The second-order valence-corrected chi connectivity index (χ2v) is 8.62. The van der Waals surface area contributed by atoms with Crippen molar-refractivity contribution in [1.82, 2.24) is 14.8 Å². The van der Waals surface area contributed by atoms with Crippen molar-refractivity contribution >= 4 is 55.0 Å². The molecule has 5 aromatic rings. The highest BCUT2D eigenvalue weighted by atomic mass is 35.5. The van der Waals surface area contributed by atoms with Crippen LogP contribution in [0.3, 0.4) is 0 Å². The minimum Gasteiger partial charge on any atom is -0.496 e. The van der Waals surface area contributed by atoms with E-state index in [4.69, 9.17) is 21.3 Å². The Morgan fingerprint density at radius 3 is 2.66 bits per heavy atom. The number of para-hydroxylation sites is 1. The quantitative estimate of drug-likeness (QED) is 0.327. The molecule has 0 saturated heterocycles. The van der Waals surface area contributed by atoms with Gasteiger partial charge in [-0.3, -0.25) is 14.4 Å². The minimum atomic E-state index is -0.185. The number of carbonyl (C=O) groups is 1. The fraction of sp³-hybridized carbons (Fsp3) is 0.125. The summed E-state index contributed by atoms with van der Waals surface area (Å²) in [5.74, 6) is 0.340. The van der Waals surface area contributed by atoms with Crippen LogP contribution in [0.15, 0.2) is 73.1 Å². The third kappa shape index (κ3) is 3.81. The predicted octanol–water partition coefficient (Wildman–Crippen LogP) is 5.66. The molecule has 2 aromatic heterocycles. The maximum atomic E-state index is 13.8. The number of fused-ring (bicyclic) bond motifs is 2. The van der Waals surface area contributed by atoms with Crippen molar-refractivity contribution in [2.75, 3.05) is 18.6 Å². The van der Waals surface area contributed by atoms with Gasteiger partial charge < -0.3 is 4.74 Å². The number of aromatic nitrogens is 3. The topological polar surface area (TPSA) is 60.2 Å². The average Bonchev–Trinajstić information content (AvgIpc) is 3.49. The standard InChI is InChI=1S/C24H19ClN4O2S/c1-31-20-15-17-7-3-2-6-16(17)14-18(20)23(30)29(13-12-28-11-5-10-26-28)24-27-22-19(25)8-4-9-21(22)32-24/h2-11,14-15H,12-13H2,1H3. The molecule has 0 bridgehead atoms. The largest absolute Gasteiger partial charge is 0.496 e. The van der Waals surface area contributed by atoms with Gasteiger partial charge in [0.2, 0.25) is 0 Å². The van der Waals surface area contributed by atoms with Crippen LogP contribution in [0.2, 0.25) is 5.02 Å². The zero-order chi connectivity index (χ0) is 22.1. The van der Waals surface area contributed by atoms with E-state index in [9.17, 15) is 4.79 Å². The number of amides is 1. The predicted molar refractivity (Wildman–Crippen MR) is 129 cm³/mol. The third-order valence-corrected chi connectivity index (χ3v) is 6.59. The van der Waals surface area contributed by atoms with Gasteiger partial charge in [-0.1, -0.05) is 53.3 Å². The van der Waals surface area contributed by atoms with Gasteiger partial charge in [-0.15, -0.1) is 0 Å². The van der Waals surface area contributed by atoms with Crippen molar-refractivity contribution in [3.8, 4) is 5.75 Å². The molecule has 0 aliphatic heterocycles. The van der Waals surface area contributed by atoms with Gasteiger partial charge in [0.05, 0.1) is 28.9 Å². The molecule has 5 rings (SSSR count). The van der Waals surface area contributed by atoms with Crippen LogP contribution in [-0.2, 0) is 6.54 Å². The van der Waals surface area contributed by atoms with E-state index in [2.05, 4.69) is 5.10 Å². The molecule has 0 fully saturated rings. The molecule has 0 aliphatic rings. The fourth-order valence-corrected chi connectivity index (χ4v) is 4.93. The Balaban J connectivity index is 1.59. The number of ether oxygens (including phenoxy) is 1. The number of rotatable bonds is 6. The zero-order valence-corrected chi connectivity index (χ0v) is 18.8. The first-order valence-electron chi connectivity index (χ1n) is 10.0. The Morgan fingerprint density at radius 2 is 1.94 bits per heavy atom. The summed E-state index contributed by atoms with van der Waals surface area (Å²) in [6, 6.07) is 19.2. The van der Waals surface area contributed by atoms with E-state index in [1.165, 1.54) is 11.3 Å². The van der Waals surface area contributed by atoms with Crippen LogP contribution in [-0.4, -0.2) is 34.3 Å². The van der Waals surface area contributed by atoms with Crippen LogP contribution in [0.1, 0.15) is 10.4 Å². The highest BCUT2D eigenvalue weighted by Gasteiger charge is 2.25. The number of benzene rings is 3. The Hall–Kier alpha value is -3.42. The Kier molecular flexibility index (Phi) is 5.51. The first-order chi connectivity index (χ1) is 15.6. The maximum absolute atomic E-state index is 13.8. The second-order valence-electron chi connectivity index (χ2n) is 7.21. The SMILES string of the molecule is COc1cc2ccccc2cc1C(=O)N(CCn1cccn1)c1nc2c(Cl)cccc2s1. The van der Waals surface area contributed by atoms with Gasteiger partial charge in [-0.25, -0.2) is 4.98 Å². The molecule has 0 aliphatic carbocycles. The van der Waals surface area contributed by atoms with Crippen molar-refractivity contribution in [2.45, 2.75) is 6.54 Å². The molecule has 32 heavy (non-hydrogen) atoms. The van der Waals surface area contributed by atoms with Gasteiger partial charge in [-0.05, 0) is 41.1 Å². The number of nitrogens with zero attached hydrogens (tertiary/aromatic N) is 4. The molecular formula is C24H19ClN4O2S. The molecule has 6 nitrogen and oxygen atoms in total. The zero-order valence-electron chi connectivity index (χ0n) is 17.2. The summed E-state index contributed by atoms with van der Waals surface area (Å²) in [5.41, 5.74) is 1.17. The summed E-state index contributed by atoms with van der Waals surface area (Å²) in [4.78, 5) is 20.2. The van der Waals surface area contributed by atoms with Crippen molar-refractivity contribution in [3.63, 3.8) is 0 Å². The third-order valence-electron chi connectivity index (χ3n) is 5.24. The van der Waals surface area contributed by atoms with Gasteiger partial charge in [0.15, 0.2) is 5.13 Å². The number of anilines is 1. The molecule has 0 radical (unpaired) electrons. The van der Waals surface area contributed by atoms with Crippen LogP contribution in [0, 0.1) is 0 Å².